The van der Waals surface area contributed by atoms with Gasteiger partial charge in [-0.25, -0.2) is 4.79 Å². The van der Waals surface area contributed by atoms with Gasteiger partial charge in [-0.15, -0.1) is 6.58 Å². The molecule has 4 nitrogen and oxygen atoms in total. The highest BCUT2D eigenvalue weighted by molar-refractivity contribution is 5.81. The van der Waals surface area contributed by atoms with Crippen LogP contribution in [0.2, 0.25) is 0 Å². The van der Waals surface area contributed by atoms with E-state index < -0.39 is 5.97 Å². The van der Waals surface area contributed by atoms with E-state index in [9.17, 15) is 9.59 Å². The van der Waals surface area contributed by atoms with Crippen LogP contribution in [0.4, 0.5) is 0 Å². The third kappa shape index (κ3) is 14.8. The number of ether oxygens (including phenoxy) is 2. The van der Waals surface area contributed by atoms with Crippen LogP contribution in [0.5, 0.6) is 0 Å². The van der Waals surface area contributed by atoms with Gasteiger partial charge in [-0.3, -0.25) is 4.79 Å². The van der Waals surface area contributed by atoms with Crippen molar-refractivity contribution in [1.82, 2.24) is 0 Å². The summed E-state index contributed by atoms with van der Waals surface area (Å²) >= 11 is 0. The molecule has 0 bridgehead atoms. The van der Waals surface area contributed by atoms with Crippen LogP contribution in [-0.4, -0.2) is 25.2 Å². The Morgan fingerprint density at radius 1 is 0.773 bits per heavy atom. The van der Waals surface area contributed by atoms with Gasteiger partial charge in [0.15, 0.2) is 0 Å². The van der Waals surface area contributed by atoms with Crippen molar-refractivity contribution in [2.45, 2.75) is 64.2 Å². The minimum atomic E-state index is -0.415. The fourth-order valence-electron chi connectivity index (χ4n) is 1.96. The Labute approximate surface area is 134 Å². The van der Waals surface area contributed by atoms with E-state index in [2.05, 4.69) is 13.2 Å². The first-order chi connectivity index (χ1) is 10.7. The third-order valence-corrected chi connectivity index (χ3v) is 3.25. The normalized spacial score (nSPS) is 10.0. The molecule has 126 valence electrons. The Balaban J connectivity index is 3.24. The number of hydrogen-bond donors (Lipinski definition) is 0. The van der Waals surface area contributed by atoms with Gasteiger partial charge >= 0.3 is 11.9 Å². The van der Waals surface area contributed by atoms with Gasteiger partial charge in [0.05, 0.1) is 13.2 Å². The molecule has 0 spiro atoms. The number of rotatable bonds is 15. The van der Waals surface area contributed by atoms with Gasteiger partial charge in [-0.2, -0.15) is 0 Å². The second kappa shape index (κ2) is 15.8. The zero-order valence-corrected chi connectivity index (χ0v) is 13.7. The predicted octanol–water partition coefficient (Wildman–Crippen LogP) is 4.35. The average molecular weight is 310 g/mol. The molecule has 0 aliphatic carbocycles. The van der Waals surface area contributed by atoms with Gasteiger partial charge in [0.2, 0.25) is 0 Å². The standard InChI is InChI=1S/C18H30O4/c1-3-5-6-7-8-9-10-11-14-18(20)22-16-13-12-15-21-17(19)4-2/h3-4H,1-2,5-16H2. The number of unbranched alkanes of at least 4 members (excludes halogenated alkanes) is 7. The van der Waals surface area contributed by atoms with Crippen LogP contribution in [-0.2, 0) is 19.1 Å². The van der Waals surface area contributed by atoms with E-state index in [0.717, 1.165) is 25.3 Å². The first-order valence-electron chi connectivity index (χ1n) is 8.26. The summed E-state index contributed by atoms with van der Waals surface area (Å²) in [4.78, 5) is 22.2. The molecule has 22 heavy (non-hydrogen) atoms. The van der Waals surface area contributed by atoms with Crippen LogP contribution < -0.4 is 0 Å². The maximum Gasteiger partial charge on any atom is 0.330 e. The zero-order chi connectivity index (χ0) is 16.5. The van der Waals surface area contributed by atoms with Crippen molar-refractivity contribution in [3.05, 3.63) is 25.3 Å². The van der Waals surface area contributed by atoms with Gasteiger partial charge in [-0.1, -0.05) is 38.3 Å². The predicted molar refractivity (Wildman–Crippen MR) is 88.5 cm³/mol. The molecule has 0 amide bonds. The number of carbonyl (C=O) groups is 2. The monoisotopic (exact) mass is 310 g/mol. The minimum absolute atomic E-state index is 0.130. The van der Waals surface area contributed by atoms with Crippen LogP contribution in [0.15, 0.2) is 25.3 Å². The minimum Gasteiger partial charge on any atom is -0.466 e. The summed E-state index contributed by atoms with van der Waals surface area (Å²) in [5.41, 5.74) is 0. The Bertz CT molecular complexity index is 323. The van der Waals surface area contributed by atoms with Crippen LogP contribution in [0.1, 0.15) is 64.2 Å². The van der Waals surface area contributed by atoms with Crippen LogP contribution in [0, 0.1) is 0 Å². The number of esters is 2. The van der Waals surface area contributed by atoms with Crippen molar-refractivity contribution in [2.75, 3.05) is 13.2 Å². The van der Waals surface area contributed by atoms with E-state index in [0.29, 0.717) is 32.5 Å². The molecule has 0 N–H and O–H groups in total. The molecule has 0 atom stereocenters. The Morgan fingerprint density at radius 3 is 2.00 bits per heavy atom. The van der Waals surface area contributed by atoms with E-state index in [1.807, 2.05) is 6.08 Å². The smallest absolute Gasteiger partial charge is 0.330 e. The molecule has 0 heterocycles. The largest absolute Gasteiger partial charge is 0.466 e. The van der Waals surface area contributed by atoms with Crippen molar-refractivity contribution < 1.29 is 19.1 Å². The van der Waals surface area contributed by atoms with Crippen LogP contribution in [0.3, 0.4) is 0 Å². The molecular weight excluding hydrogens is 280 g/mol. The maximum atomic E-state index is 11.5. The van der Waals surface area contributed by atoms with Crippen molar-refractivity contribution in [2.24, 2.45) is 0 Å². The zero-order valence-electron chi connectivity index (χ0n) is 13.7. The molecule has 0 aromatic rings. The van der Waals surface area contributed by atoms with E-state index >= 15 is 0 Å². The number of hydrogen-bond acceptors (Lipinski definition) is 4. The highest BCUT2D eigenvalue weighted by atomic mass is 16.5. The molecule has 0 rings (SSSR count). The maximum absolute atomic E-state index is 11.5. The summed E-state index contributed by atoms with van der Waals surface area (Å²) in [6, 6.07) is 0. The lowest BCUT2D eigenvalue weighted by Crippen LogP contribution is -2.07. The van der Waals surface area contributed by atoms with Gasteiger partial charge in [0.25, 0.3) is 0 Å². The molecule has 0 saturated heterocycles. The summed E-state index contributed by atoms with van der Waals surface area (Å²) in [5.74, 6) is -0.545. The summed E-state index contributed by atoms with van der Waals surface area (Å²) in [5, 5.41) is 0. The Hall–Kier alpha value is -1.58. The second-order valence-corrected chi connectivity index (χ2v) is 5.25. The van der Waals surface area contributed by atoms with Crippen molar-refractivity contribution >= 4 is 11.9 Å². The fraction of sp³-hybridized carbons (Fsp3) is 0.667. The second-order valence-electron chi connectivity index (χ2n) is 5.25. The highest BCUT2D eigenvalue weighted by Crippen LogP contribution is 2.09. The molecule has 0 unspecified atom stereocenters. The van der Waals surface area contributed by atoms with E-state index in [1.165, 1.54) is 25.7 Å². The van der Waals surface area contributed by atoms with Gasteiger partial charge in [-0.05, 0) is 32.1 Å². The number of allylic oxidation sites excluding steroid dienone is 1. The lowest BCUT2D eigenvalue weighted by molar-refractivity contribution is -0.144. The van der Waals surface area contributed by atoms with E-state index in [1.54, 1.807) is 0 Å². The SMILES string of the molecule is C=CCCCCCCCCC(=O)OCCCCOC(=O)C=C. The molecule has 4 heteroatoms. The van der Waals surface area contributed by atoms with Crippen LogP contribution >= 0.6 is 0 Å². The lowest BCUT2D eigenvalue weighted by Gasteiger charge is -2.05. The molecule has 0 aliphatic heterocycles. The molecule has 0 aliphatic rings. The molecule has 0 aromatic heterocycles. The highest BCUT2D eigenvalue weighted by Gasteiger charge is 2.02. The van der Waals surface area contributed by atoms with Gasteiger partial charge < -0.3 is 9.47 Å². The fourth-order valence-corrected chi connectivity index (χ4v) is 1.96. The summed E-state index contributed by atoms with van der Waals surface area (Å²) in [7, 11) is 0. The Morgan fingerprint density at radius 2 is 1.36 bits per heavy atom. The van der Waals surface area contributed by atoms with Crippen molar-refractivity contribution in [3.8, 4) is 0 Å². The molecular formula is C18H30O4. The molecule has 0 fully saturated rings. The molecule has 0 saturated carbocycles. The topological polar surface area (TPSA) is 52.6 Å². The summed E-state index contributed by atoms with van der Waals surface area (Å²) < 4.78 is 9.95. The number of carbonyl (C=O) groups excluding carboxylic acids is 2. The first kappa shape index (κ1) is 20.4. The summed E-state index contributed by atoms with van der Waals surface area (Å²) in [6.45, 7) is 7.75. The van der Waals surface area contributed by atoms with E-state index in [4.69, 9.17) is 9.47 Å². The third-order valence-electron chi connectivity index (χ3n) is 3.25. The lowest BCUT2D eigenvalue weighted by atomic mass is 10.1. The van der Waals surface area contributed by atoms with Crippen molar-refractivity contribution in [3.63, 3.8) is 0 Å². The van der Waals surface area contributed by atoms with E-state index in [-0.39, 0.29) is 5.97 Å². The molecule has 0 radical (unpaired) electrons. The van der Waals surface area contributed by atoms with Gasteiger partial charge in [0.1, 0.15) is 0 Å². The van der Waals surface area contributed by atoms with Crippen molar-refractivity contribution in [1.29, 1.82) is 0 Å². The molecule has 0 aromatic carbocycles. The first-order valence-corrected chi connectivity index (χ1v) is 8.26. The van der Waals surface area contributed by atoms with Crippen LogP contribution in [0.25, 0.3) is 0 Å². The Kier molecular flexibility index (Phi) is 14.7. The quantitative estimate of drug-likeness (QED) is 0.195. The average Bonchev–Trinajstić information content (AvgIpc) is 2.52. The van der Waals surface area contributed by atoms with Gasteiger partial charge in [0, 0.05) is 12.5 Å². The summed E-state index contributed by atoms with van der Waals surface area (Å²) in [6.07, 6.45) is 12.9.